The van der Waals surface area contributed by atoms with E-state index in [2.05, 4.69) is 40.3 Å². The molecule has 0 spiro atoms. The van der Waals surface area contributed by atoms with E-state index in [1.54, 1.807) is 0 Å². The minimum absolute atomic E-state index is 0.116. The molecule has 1 aromatic heterocycles. The van der Waals surface area contributed by atoms with E-state index < -0.39 is 0 Å². The summed E-state index contributed by atoms with van der Waals surface area (Å²) < 4.78 is 0. The van der Waals surface area contributed by atoms with Gasteiger partial charge in [0.25, 0.3) is 0 Å². The van der Waals surface area contributed by atoms with Crippen molar-refractivity contribution in [2.24, 2.45) is 5.73 Å². The van der Waals surface area contributed by atoms with Crippen LogP contribution in [0.15, 0.2) is 42.6 Å². The second-order valence-electron chi connectivity index (χ2n) is 5.53. The molecule has 2 aromatic rings. The molecule has 1 aliphatic heterocycles. The highest BCUT2D eigenvalue weighted by Crippen LogP contribution is 2.24. The summed E-state index contributed by atoms with van der Waals surface area (Å²) in [5, 5.41) is 3.37. The maximum absolute atomic E-state index is 6.35. The van der Waals surface area contributed by atoms with Crippen molar-refractivity contribution in [3.63, 3.8) is 0 Å². The summed E-state index contributed by atoms with van der Waals surface area (Å²) in [6.07, 6.45) is 1.92. The third-order valence-electron chi connectivity index (χ3n) is 4.01. The molecule has 2 heterocycles. The zero-order valence-electron chi connectivity index (χ0n) is 12.4. The molecule has 0 amide bonds. The van der Waals surface area contributed by atoms with Crippen LogP contribution in [0, 0.1) is 6.92 Å². The maximum Gasteiger partial charge on any atom is 0.131 e. The SMILES string of the molecule is Cc1cc([C@H](N)c2ccccc2)cnc1N1CCNCC1. The van der Waals surface area contributed by atoms with Crippen LogP contribution >= 0.6 is 0 Å². The van der Waals surface area contributed by atoms with Gasteiger partial charge in [0.15, 0.2) is 0 Å². The molecule has 4 nitrogen and oxygen atoms in total. The van der Waals surface area contributed by atoms with Crippen molar-refractivity contribution in [3.8, 4) is 0 Å². The van der Waals surface area contributed by atoms with E-state index in [4.69, 9.17) is 5.73 Å². The largest absolute Gasteiger partial charge is 0.354 e. The average Bonchev–Trinajstić information content (AvgIpc) is 2.55. The number of nitrogens with two attached hydrogens (primary N) is 1. The molecular weight excluding hydrogens is 260 g/mol. The molecular formula is C17H22N4. The summed E-state index contributed by atoms with van der Waals surface area (Å²) in [6, 6.07) is 12.2. The van der Waals surface area contributed by atoms with E-state index >= 15 is 0 Å². The third kappa shape index (κ3) is 3.06. The second-order valence-corrected chi connectivity index (χ2v) is 5.53. The number of anilines is 1. The van der Waals surface area contributed by atoms with E-state index in [0.717, 1.165) is 43.1 Å². The van der Waals surface area contributed by atoms with Crippen molar-refractivity contribution in [1.82, 2.24) is 10.3 Å². The highest BCUT2D eigenvalue weighted by Gasteiger charge is 2.16. The molecule has 4 heteroatoms. The Bertz CT molecular complexity index is 591. The van der Waals surface area contributed by atoms with Crippen molar-refractivity contribution in [2.75, 3.05) is 31.1 Å². The smallest absolute Gasteiger partial charge is 0.131 e. The van der Waals surface area contributed by atoms with Crippen LogP contribution in [0.3, 0.4) is 0 Å². The van der Waals surface area contributed by atoms with Gasteiger partial charge in [-0.2, -0.15) is 0 Å². The molecule has 21 heavy (non-hydrogen) atoms. The first-order chi connectivity index (χ1) is 10.3. The number of hydrogen-bond acceptors (Lipinski definition) is 4. The predicted octanol–water partition coefficient (Wildman–Crippen LogP) is 1.85. The number of benzene rings is 1. The first kappa shape index (κ1) is 14.0. The number of piperazine rings is 1. The Morgan fingerprint density at radius 3 is 2.52 bits per heavy atom. The van der Waals surface area contributed by atoms with Gasteiger partial charge in [-0.05, 0) is 29.7 Å². The van der Waals surface area contributed by atoms with Gasteiger partial charge >= 0.3 is 0 Å². The molecule has 0 bridgehead atoms. The molecule has 0 radical (unpaired) electrons. The summed E-state index contributed by atoms with van der Waals surface area (Å²) >= 11 is 0. The van der Waals surface area contributed by atoms with Gasteiger partial charge in [0.1, 0.15) is 5.82 Å². The minimum Gasteiger partial charge on any atom is -0.354 e. The fraction of sp³-hybridized carbons (Fsp3) is 0.353. The van der Waals surface area contributed by atoms with Crippen molar-refractivity contribution in [3.05, 3.63) is 59.3 Å². The lowest BCUT2D eigenvalue weighted by Gasteiger charge is -2.30. The first-order valence-electron chi connectivity index (χ1n) is 7.48. The Balaban J connectivity index is 1.83. The summed E-state index contributed by atoms with van der Waals surface area (Å²) in [5.41, 5.74) is 9.73. The third-order valence-corrected chi connectivity index (χ3v) is 4.01. The molecule has 1 aromatic carbocycles. The molecule has 0 saturated carbocycles. The summed E-state index contributed by atoms with van der Waals surface area (Å²) in [7, 11) is 0. The summed E-state index contributed by atoms with van der Waals surface area (Å²) in [6.45, 7) is 6.18. The highest BCUT2D eigenvalue weighted by molar-refractivity contribution is 5.49. The van der Waals surface area contributed by atoms with Crippen molar-refractivity contribution >= 4 is 5.82 Å². The number of hydrogen-bond donors (Lipinski definition) is 2. The summed E-state index contributed by atoms with van der Waals surface area (Å²) in [4.78, 5) is 7.00. The minimum atomic E-state index is -0.116. The van der Waals surface area contributed by atoms with Gasteiger partial charge < -0.3 is 16.0 Å². The Hall–Kier alpha value is -1.91. The number of pyridine rings is 1. The second kappa shape index (κ2) is 6.24. The Morgan fingerprint density at radius 1 is 1.14 bits per heavy atom. The van der Waals surface area contributed by atoms with Gasteiger partial charge in [-0.1, -0.05) is 30.3 Å². The molecule has 110 valence electrons. The van der Waals surface area contributed by atoms with Gasteiger partial charge in [-0.15, -0.1) is 0 Å². The van der Waals surface area contributed by atoms with Crippen LogP contribution < -0.4 is 16.0 Å². The highest BCUT2D eigenvalue weighted by atomic mass is 15.2. The number of rotatable bonds is 3. The zero-order chi connectivity index (χ0) is 14.7. The quantitative estimate of drug-likeness (QED) is 0.902. The fourth-order valence-corrected chi connectivity index (χ4v) is 2.82. The normalized spacial score (nSPS) is 16.8. The zero-order valence-corrected chi connectivity index (χ0v) is 12.4. The number of aryl methyl sites for hydroxylation is 1. The number of nitrogens with one attached hydrogen (secondary N) is 1. The van der Waals surface area contributed by atoms with E-state index in [1.807, 2.05) is 24.4 Å². The lowest BCUT2D eigenvalue weighted by Crippen LogP contribution is -2.44. The first-order valence-corrected chi connectivity index (χ1v) is 7.48. The molecule has 1 aliphatic rings. The molecule has 1 atom stereocenters. The van der Waals surface area contributed by atoms with E-state index in [0.29, 0.717) is 0 Å². The Kier molecular flexibility index (Phi) is 4.18. The average molecular weight is 282 g/mol. The van der Waals surface area contributed by atoms with Crippen LogP contribution in [-0.2, 0) is 0 Å². The monoisotopic (exact) mass is 282 g/mol. The Labute approximate surface area is 126 Å². The lowest BCUT2D eigenvalue weighted by molar-refractivity contribution is 0.583. The van der Waals surface area contributed by atoms with Crippen molar-refractivity contribution in [2.45, 2.75) is 13.0 Å². The number of nitrogens with zero attached hydrogens (tertiary/aromatic N) is 2. The molecule has 0 aliphatic carbocycles. The molecule has 3 N–H and O–H groups in total. The van der Waals surface area contributed by atoms with Crippen LogP contribution in [-0.4, -0.2) is 31.2 Å². The van der Waals surface area contributed by atoms with Crippen LogP contribution in [0.2, 0.25) is 0 Å². The van der Waals surface area contributed by atoms with Gasteiger partial charge in [0.2, 0.25) is 0 Å². The van der Waals surface area contributed by atoms with Crippen molar-refractivity contribution in [1.29, 1.82) is 0 Å². The fourth-order valence-electron chi connectivity index (χ4n) is 2.82. The van der Waals surface area contributed by atoms with Crippen molar-refractivity contribution < 1.29 is 0 Å². The topological polar surface area (TPSA) is 54.2 Å². The standard InChI is InChI=1S/C17H22N4/c1-13-11-15(16(18)14-5-3-2-4-6-14)12-20-17(13)21-9-7-19-8-10-21/h2-6,11-12,16,19H,7-10,18H2,1H3/t16-/m1/s1. The number of aromatic nitrogens is 1. The van der Waals surface area contributed by atoms with Crippen LogP contribution in [0.25, 0.3) is 0 Å². The van der Waals surface area contributed by atoms with Crippen LogP contribution in [0.4, 0.5) is 5.82 Å². The van der Waals surface area contributed by atoms with E-state index in [1.165, 1.54) is 5.56 Å². The summed E-state index contributed by atoms with van der Waals surface area (Å²) in [5.74, 6) is 1.08. The van der Waals surface area contributed by atoms with Gasteiger partial charge in [-0.25, -0.2) is 4.98 Å². The van der Waals surface area contributed by atoms with Crippen LogP contribution in [0.1, 0.15) is 22.7 Å². The Morgan fingerprint density at radius 2 is 1.86 bits per heavy atom. The molecule has 3 rings (SSSR count). The lowest BCUT2D eigenvalue weighted by atomic mass is 10.00. The van der Waals surface area contributed by atoms with E-state index in [-0.39, 0.29) is 6.04 Å². The molecule has 1 saturated heterocycles. The van der Waals surface area contributed by atoms with E-state index in [9.17, 15) is 0 Å². The maximum atomic E-state index is 6.35. The molecule has 1 fully saturated rings. The van der Waals surface area contributed by atoms with Crippen LogP contribution in [0.5, 0.6) is 0 Å². The predicted molar refractivity (Wildman–Crippen MR) is 86.5 cm³/mol. The molecule has 0 unspecified atom stereocenters. The van der Waals surface area contributed by atoms with Gasteiger partial charge in [0, 0.05) is 32.4 Å². The van der Waals surface area contributed by atoms with Gasteiger partial charge in [-0.3, -0.25) is 0 Å². The van der Waals surface area contributed by atoms with Gasteiger partial charge in [0.05, 0.1) is 6.04 Å².